The Morgan fingerprint density at radius 3 is 2.79 bits per heavy atom. The molecule has 2 fully saturated rings. The SMILES string of the molecule is C[C@@H]1[C@H]2CN(S(C)(=O)=O)C[C@H]2C[C@H]1Nc1c(C(N)=O)cnn2cc(C#N)cc12. The van der Waals surface area contributed by atoms with Crippen molar-refractivity contribution in [2.45, 2.75) is 19.4 Å². The molecule has 4 rings (SSSR count). The lowest BCUT2D eigenvalue weighted by Gasteiger charge is -2.25. The highest BCUT2D eigenvalue weighted by Crippen LogP contribution is 2.44. The van der Waals surface area contributed by atoms with Crippen LogP contribution in [0.3, 0.4) is 0 Å². The number of nitriles is 1. The minimum absolute atomic E-state index is 0.0708. The lowest BCUT2D eigenvalue weighted by atomic mass is 9.93. The fraction of sp³-hybridized carbons (Fsp3) is 0.500. The van der Waals surface area contributed by atoms with Gasteiger partial charge in [0.15, 0.2) is 0 Å². The van der Waals surface area contributed by atoms with E-state index in [-0.39, 0.29) is 29.4 Å². The number of sulfonamides is 1. The molecule has 4 atom stereocenters. The van der Waals surface area contributed by atoms with Crippen LogP contribution in [-0.4, -0.2) is 53.6 Å². The summed E-state index contributed by atoms with van der Waals surface area (Å²) in [7, 11) is -3.18. The van der Waals surface area contributed by atoms with Gasteiger partial charge in [-0.25, -0.2) is 17.2 Å². The fourth-order valence-corrected chi connectivity index (χ4v) is 5.55. The smallest absolute Gasteiger partial charge is 0.252 e. The van der Waals surface area contributed by atoms with E-state index in [9.17, 15) is 18.5 Å². The molecule has 2 aliphatic rings. The molecule has 148 valence electrons. The predicted octanol–water partition coefficient (Wildman–Crippen LogP) is 0.633. The minimum atomic E-state index is -3.18. The van der Waals surface area contributed by atoms with Gasteiger partial charge in [-0.05, 0) is 30.2 Å². The molecule has 0 bridgehead atoms. The van der Waals surface area contributed by atoms with Crippen LogP contribution in [0.25, 0.3) is 5.52 Å². The van der Waals surface area contributed by atoms with Gasteiger partial charge in [-0.3, -0.25) is 4.79 Å². The summed E-state index contributed by atoms with van der Waals surface area (Å²) in [6.45, 7) is 3.17. The van der Waals surface area contributed by atoms with Crippen LogP contribution in [0.1, 0.15) is 29.3 Å². The lowest BCUT2D eigenvalue weighted by Crippen LogP contribution is -2.33. The Morgan fingerprint density at radius 2 is 2.18 bits per heavy atom. The van der Waals surface area contributed by atoms with E-state index in [1.807, 2.05) is 0 Å². The number of aromatic nitrogens is 2. The number of carbonyl (C=O) groups excluding carboxylic acids is 1. The zero-order valence-electron chi connectivity index (χ0n) is 15.7. The Bertz CT molecular complexity index is 1100. The summed E-state index contributed by atoms with van der Waals surface area (Å²) in [6, 6.07) is 3.82. The molecule has 0 unspecified atom stereocenters. The average Bonchev–Trinajstić information content (AvgIpc) is 3.29. The van der Waals surface area contributed by atoms with E-state index < -0.39 is 15.9 Å². The van der Waals surface area contributed by atoms with E-state index in [0.717, 1.165) is 6.42 Å². The van der Waals surface area contributed by atoms with E-state index in [0.29, 0.717) is 29.9 Å². The summed E-state index contributed by atoms with van der Waals surface area (Å²) < 4.78 is 26.8. The number of fused-ring (bicyclic) bond motifs is 2. The number of nitrogens with one attached hydrogen (secondary N) is 1. The molecule has 1 saturated heterocycles. The van der Waals surface area contributed by atoms with Gasteiger partial charge in [-0.2, -0.15) is 10.4 Å². The van der Waals surface area contributed by atoms with Crippen LogP contribution in [0, 0.1) is 29.1 Å². The normalized spacial score (nSPS) is 27.6. The van der Waals surface area contributed by atoms with Gasteiger partial charge in [0.1, 0.15) is 6.07 Å². The van der Waals surface area contributed by atoms with E-state index >= 15 is 0 Å². The Balaban J connectivity index is 1.64. The number of rotatable bonds is 4. The van der Waals surface area contributed by atoms with Gasteiger partial charge in [0, 0.05) is 25.3 Å². The molecule has 1 aliphatic heterocycles. The summed E-state index contributed by atoms with van der Waals surface area (Å²) in [5, 5.41) is 16.8. The molecule has 3 heterocycles. The van der Waals surface area contributed by atoms with Crippen molar-refractivity contribution in [1.82, 2.24) is 13.9 Å². The standard InChI is InChI=1S/C18H22N6O3S/c1-10-14-9-23(28(2,26)27)8-12(14)4-15(10)22-17-13(18(20)25)6-21-24-7-11(5-19)3-16(17)24/h3,6-7,10,12,14-15,22H,4,8-9H2,1-2H3,(H2,20,25)/t10-,12-,14-,15-/m1/s1. The molecule has 28 heavy (non-hydrogen) atoms. The molecule has 1 saturated carbocycles. The molecule has 2 aromatic heterocycles. The first-order valence-electron chi connectivity index (χ1n) is 9.12. The van der Waals surface area contributed by atoms with Crippen LogP contribution < -0.4 is 11.1 Å². The summed E-state index contributed by atoms with van der Waals surface area (Å²) in [5.41, 5.74) is 7.45. The van der Waals surface area contributed by atoms with Gasteiger partial charge in [0.2, 0.25) is 10.0 Å². The zero-order chi connectivity index (χ0) is 20.2. The number of carbonyl (C=O) groups is 1. The molecule has 1 amide bonds. The zero-order valence-corrected chi connectivity index (χ0v) is 16.5. The van der Waals surface area contributed by atoms with Gasteiger partial charge in [0.05, 0.1) is 34.8 Å². The maximum atomic E-state index is 11.9. The first kappa shape index (κ1) is 18.7. The van der Waals surface area contributed by atoms with Crippen LogP contribution in [0.5, 0.6) is 0 Å². The van der Waals surface area contributed by atoms with Crippen LogP contribution in [-0.2, 0) is 10.0 Å². The number of hydrogen-bond donors (Lipinski definition) is 2. The molecule has 2 aromatic rings. The quantitative estimate of drug-likeness (QED) is 0.771. The van der Waals surface area contributed by atoms with Gasteiger partial charge in [-0.15, -0.1) is 0 Å². The molecular weight excluding hydrogens is 380 g/mol. The van der Waals surface area contributed by atoms with Crippen molar-refractivity contribution in [1.29, 1.82) is 5.26 Å². The van der Waals surface area contributed by atoms with Gasteiger partial charge in [0.25, 0.3) is 5.91 Å². The van der Waals surface area contributed by atoms with Crippen molar-refractivity contribution in [3.63, 3.8) is 0 Å². The maximum Gasteiger partial charge on any atom is 0.252 e. The summed E-state index contributed by atoms with van der Waals surface area (Å²) in [6.07, 6.45) is 5.06. The van der Waals surface area contributed by atoms with E-state index in [4.69, 9.17) is 5.73 Å². The average molecular weight is 402 g/mol. The Labute approximate surface area is 163 Å². The molecule has 0 radical (unpaired) electrons. The number of hydrogen-bond acceptors (Lipinski definition) is 6. The van der Waals surface area contributed by atoms with Gasteiger partial charge >= 0.3 is 0 Å². The first-order chi connectivity index (χ1) is 13.2. The monoisotopic (exact) mass is 402 g/mol. The first-order valence-corrected chi connectivity index (χ1v) is 11.0. The number of nitrogens with two attached hydrogens (primary N) is 1. The van der Waals surface area contributed by atoms with Crippen molar-refractivity contribution >= 4 is 27.1 Å². The number of primary amides is 1. The van der Waals surface area contributed by atoms with Crippen LogP contribution in [0.4, 0.5) is 5.69 Å². The second kappa shape index (κ2) is 6.46. The molecule has 0 aromatic carbocycles. The van der Waals surface area contributed by atoms with Crippen molar-refractivity contribution < 1.29 is 13.2 Å². The Morgan fingerprint density at radius 1 is 1.43 bits per heavy atom. The van der Waals surface area contributed by atoms with Gasteiger partial charge in [-0.1, -0.05) is 6.92 Å². The second-order valence-corrected chi connectivity index (χ2v) is 9.80. The lowest BCUT2D eigenvalue weighted by molar-refractivity contribution is 0.100. The largest absolute Gasteiger partial charge is 0.380 e. The predicted molar refractivity (Wildman–Crippen MR) is 103 cm³/mol. The molecule has 1 aliphatic carbocycles. The molecule has 0 spiro atoms. The summed E-state index contributed by atoms with van der Waals surface area (Å²) >= 11 is 0. The van der Waals surface area contributed by atoms with Crippen LogP contribution in [0.2, 0.25) is 0 Å². The Hall–Kier alpha value is -2.64. The topological polar surface area (TPSA) is 134 Å². The van der Waals surface area contributed by atoms with E-state index in [1.54, 1.807) is 21.1 Å². The van der Waals surface area contributed by atoms with Crippen molar-refractivity contribution in [3.05, 3.63) is 29.6 Å². The van der Waals surface area contributed by atoms with Crippen molar-refractivity contribution in [2.75, 3.05) is 24.7 Å². The highest BCUT2D eigenvalue weighted by Gasteiger charge is 2.48. The van der Waals surface area contributed by atoms with Crippen molar-refractivity contribution in [2.24, 2.45) is 23.5 Å². The molecular formula is C18H22N6O3S. The molecule has 10 heteroatoms. The van der Waals surface area contributed by atoms with Crippen LogP contribution in [0.15, 0.2) is 18.5 Å². The number of anilines is 1. The number of nitrogens with zero attached hydrogens (tertiary/aromatic N) is 4. The molecule has 3 N–H and O–H groups in total. The van der Waals surface area contributed by atoms with E-state index in [1.165, 1.54) is 12.5 Å². The highest BCUT2D eigenvalue weighted by molar-refractivity contribution is 7.88. The van der Waals surface area contributed by atoms with E-state index in [2.05, 4.69) is 23.4 Å². The third-order valence-corrected chi connectivity index (χ3v) is 7.39. The summed E-state index contributed by atoms with van der Waals surface area (Å²) in [4.78, 5) is 11.9. The highest BCUT2D eigenvalue weighted by atomic mass is 32.2. The number of amides is 1. The van der Waals surface area contributed by atoms with Crippen LogP contribution >= 0.6 is 0 Å². The third kappa shape index (κ3) is 3.00. The van der Waals surface area contributed by atoms with Gasteiger partial charge < -0.3 is 11.1 Å². The maximum absolute atomic E-state index is 11.9. The third-order valence-electron chi connectivity index (χ3n) is 6.16. The summed E-state index contributed by atoms with van der Waals surface area (Å²) in [5.74, 6) is 0.171. The molecule has 9 nitrogen and oxygen atoms in total. The Kier molecular flexibility index (Phi) is 4.32. The van der Waals surface area contributed by atoms with Crippen molar-refractivity contribution in [3.8, 4) is 6.07 Å². The fourth-order valence-electron chi connectivity index (χ4n) is 4.64. The minimum Gasteiger partial charge on any atom is -0.380 e. The second-order valence-electron chi connectivity index (χ2n) is 7.82.